The standard InChI is InChI=1S/C11H20O2/c1-10(6-8-12)5-4-7-11(2,3)9-13/h4,7-8,10,13H,5-6,9H2,1-3H3. The predicted octanol–water partition coefficient (Wildman–Crippen LogP) is 2.18. The van der Waals surface area contributed by atoms with E-state index in [0.29, 0.717) is 12.3 Å². The quantitative estimate of drug-likeness (QED) is 0.507. The highest BCUT2D eigenvalue weighted by Gasteiger charge is 2.10. The first-order valence-electron chi connectivity index (χ1n) is 4.74. The summed E-state index contributed by atoms with van der Waals surface area (Å²) in [7, 11) is 0. The summed E-state index contributed by atoms with van der Waals surface area (Å²) in [5.41, 5.74) is -0.138. The van der Waals surface area contributed by atoms with Gasteiger partial charge in [0.05, 0.1) is 6.61 Å². The van der Waals surface area contributed by atoms with Crippen LogP contribution in [-0.2, 0) is 4.79 Å². The topological polar surface area (TPSA) is 37.3 Å². The molecule has 76 valence electrons. The summed E-state index contributed by atoms with van der Waals surface area (Å²) >= 11 is 0. The summed E-state index contributed by atoms with van der Waals surface area (Å²) in [5, 5.41) is 8.96. The molecule has 0 amide bonds. The van der Waals surface area contributed by atoms with Gasteiger partial charge in [-0.2, -0.15) is 0 Å². The van der Waals surface area contributed by atoms with E-state index in [1.54, 1.807) is 0 Å². The Hall–Kier alpha value is -0.630. The van der Waals surface area contributed by atoms with Crippen molar-refractivity contribution in [2.45, 2.75) is 33.6 Å². The first-order chi connectivity index (χ1) is 6.02. The Morgan fingerprint density at radius 3 is 2.46 bits per heavy atom. The number of carbonyl (C=O) groups excluding carboxylic acids is 1. The lowest BCUT2D eigenvalue weighted by Crippen LogP contribution is -2.12. The maximum Gasteiger partial charge on any atom is 0.120 e. The van der Waals surface area contributed by atoms with E-state index < -0.39 is 0 Å². The number of carbonyl (C=O) groups is 1. The van der Waals surface area contributed by atoms with Gasteiger partial charge in [-0.25, -0.2) is 0 Å². The van der Waals surface area contributed by atoms with E-state index in [2.05, 4.69) is 0 Å². The molecule has 0 radical (unpaired) electrons. The monoisotopic (exact) mass is 184 g/mol. The van der Waals surface area contributed by atoms with E-state index in [1.165, 1.54) is 0 Å². The van der Waals surface area contributed by atoms with E-state index in [-0.39, 0.29) is 12.0 Å². The second-order valence-electron chi connectivity index (χ2n) is 4.29. The van der Waals surface area contributed by atoms with E-state index in [9.17, 15) is 4.79 Å². The highest BCUT2D eigenvalue weighted by molar-refractivity contribution is 5.49. The molecule has 0 bridgehead atoms. The maximum atomic E-state index is 10.2. The number of allylic oxidation sites excluding steroid dienone is 1. The van der Waals surface area contributed by atoms with Crippen molar-refractivity contribution in [2.24, 2.45) is 11.3 Å². The molecule has 0 saturated carbocycles. The van der Waals surface area contributed by atoms with Gasteiger partial charge in [0.25, 0.3) is 0 Å². The molecule has 0 aromatic carbocycles. The maximum absolute atomic E-state index is 10.2. The summed E-state index contributed by atoms with van der Waals surface area (Å²) in [5.74, 6) is 0.406. The largest absolute Gasteiger partial charge is 0.395 e. The average molecular weight is 184 g/mol. The van der Waals surface area contributed by atoms with Gasteiger partial charge in [0, 0.05) is 11.8 Å². The molecule has 0 aliphatic heterocycles. The van der Waals surface area contributed by atoms with Crippen molar-refractivity contribution < 1.29 is 9.90 Å². The van der Waals surface area contributed by atoms with Crippen LogP contribution in [0.3, 0.4) is 0 Å². The Bertz CT molecular complexity index is 171. The van der Waals surface area contributed by atoms with Gasteiger partial charge in [0.1, 0.15) is 6.29 Å². The molecule has 13 heavy (non-hydrogen) atoms. The predicted molar refractivity (Wildman–Crippen MR) is 54.5 cm³/mol. The van der Waals surface area contributed by atoms with Crippen LogP contribution in [0.2, 0.25) is 0 Å². The van der Waals surface area contributed by atoms with Crippen LogP contribution in [0.15, 0.2) is 12.2 Å². The van der Waals surface area contributed by atoms with E-state index >= 15 is 0 Å². The molecule has 0 aromatic heterocycles. The van der Waals surface area contributed by atoms with Crippen LogP contribution < -0.4 is 0 Å². The zero-order valence-electron chi connectivity index (χ0n) is 8.79. The van der Waals surface area contributed by atoms with Crippen molar-refractivity contribution in [1.82, 2.24) is 0 Å². The fraction of sp³-hybridized carbons (Fsp3) is 0.727. The van der Waals surface area contributed by atoms with E-state index in [4.69, 9.17) is 5.11 Å². The molecule has 0 rings (SSSR count). The third kappa shape index (κ3) is 6.52. The molecule has 0 aliphatic carbocycles. The van der Waals surface area contributed by atoms with Crippen LogP contribution in [0.25, 0.3) is 0 Å². The second kappa shape index (κ2) is 5.92. The Labute approximate surface area is 80.7 Å². The Morgan fingerprint density at radius 2 is 2.00 bits per heavy atom. The Morgan fingerprint density at radius 1 is 1.38 bits per heavy atom. The van der Waals surface area contributed by atoms with Crippen molar-refractivity contribution in [3.8, 4) is 0 Å². The zero-order valence-corrected chi connectivity index (χ0v) is 8.79. The van der Waals surface area contributed by atoms with Gasteiger partial charge in [0.15, 0.2) is 0 Å². The van der Waals surface area contributed by atoms with Crippen LogP contribution in [0.4, 0.5) is 0 Å². The normalized spacial score (nSPS) is 14.8. The number of rotatable bonds is 6. The SMILES string of the molecule is CC(CC=O)CC=CC(C)(C)CO. The van der Waals surface area contributed by atoms with E-state index in [1.807, 2.05) is 32.9 Å². The zero-order chi connectivity index (χ0) is 10.3. The van der Waals surface area contributed by atoms with Crippen LogP contribution in [0.1, 0.15) is 33.6 Å². The van der Waals surface area contributed by atoms with E-state index in [0.717, 1.165) is 12.7 Å². The molecular weight excluding hydrogens is 164 g/mol. The minimum Gasteiger partial charge on any atom is -0.395 e. The summed E-state index contributed by atoms with van der Waals surface area (Å²) in [6.07, 6.45) is 6.53. The third-order valence-electron chi connectivity index (χ3n) is 2.01. The van der Waals surface area contributed by atoms with Crippen molar-refractivity contribution in [3.63, 3.8) is 0 Å². The van der Waals surface area contributed by atoms with Gasteiger partial charge >= 0.3 is 0 Å². The van der Waals surface area contributed by atoms with Crippen molar-refractivity contribution in [3.05, 3.63) is 12.2 Å². The van der Waals surface area contributed by atoms with Gasteiger partial charge in [-0.1, -0.05) is 32.9 Å². The molecule has 0 spiro atoms. The number of hydrogen-bond acceptors (Lipinski definition) is 2. The first kappa shape index (κ1) is 12.4. The molecular formula is C11H20O2. The van der Waals surface area contributed by atoms with Gasteiger partial charge in [-0.05, 0) is 12.3 Å². The first-order valence-corrected chi connectivity index (χ1v) is 4.74. The minimum absolute atomic E-state index is 0.138. The number of aliphatic hydroxyl groups excluding tert-OH is 1. The highest BCUT2D eigenvalue weighted by Crippen LogP contribution is 2.17. The summed E-state index contributed by atoms with van der Waals surface area (Å²) in [6, 6.07) is 0. The second-order valence-corrected chi connectivity index (χ2v) is 4.29. The average Bonchev–Trinajstić information content (AvgIpc) is 2.05. The molecule has 0 fully saturated rings. The lowest BCUT2D eigenvalue weighted by atomic mass is 9.93. The summed E-state index contributed by atoms with van der Waals surface area (Å²) < 4.78 is 0. The molecule has 0 heterocycles. The molecule has 1 N–H and O–H groups in total. The lowest BCUT2D eigenvalue weighted by Gasteiger charge is -2.16. The fourth-order valence-corrected chi connectivity index (χ4v) is 0.933. The van der Waals surface area contributed by atoms with Crippen LogP contribution in [-0.4, -0.2) is 18.0 Å². The molecule has 1 unspecified atom stereocenters. The molecule has 0 aliphatic rings. The number of hydrogen-bond donors (Lipinski definition) is 1. The fourth-order valence-electron chi connectivity index (χ4n) is 0.933. The molecule has 2 heteroatoms. The van der Waals surface area contributed by atoms with Gasteiger partial charge in [0.2, 0.25) is 0 Å². The smallest absolute Gasteiger partial charge is 0.120 e. The summed E-state index contributed by atoms with van der Waals surface area (Å²) in [4.78, 5) is 10.2. The number of aliphatic hydroxyl groups is 1. The minimum atomic E-state index is -0.138. The number of aldehydes is 1. The molecule has 0 saturated heterocycles. The van der Waals surface area contributed by atoms with Crippen LogP contribution in [0.5, 0.6) is 0 Å². The van der Waals surface area contributed by atoms with Crippen molar-refractivity contribution >= 4 is 6.29 Å². The Kier molecular flexibility index (Phi) is 5.63. The molecule has 1 atom stereocenters. The van der Waals surface area contributed by atoms with Crippen LogP contribution in [0, 0.1) is 11.3 Å². The van der Waals surface area contributed by atoms with Gasteiger partial charge < -0.3 is 9.90 Å². The van der Waals surface area contributed by atoms with Gasteiger partial charge in [-0.15, -0.1) is 0 Å². The Balaban J connectivity index is 3.80. The highest BCUT2D eigenvalue weighted by atomic mass is 16.3. The van der Waals surface area contributed by atoms with Crippen molar-refractivity contribution in [1.29, 1.82) is 0 Å². The summed E-state index contributed by atoms with van der Waals surface area (Å²) in [6.45, 7) is 6.16. The molecule has 2 nitrogen and oxygen atoms in total. The lowest BCUT2D eigenvalue weighted by molar-refractivity contribution is -0.108. The van der Waals surface area contributed by atoms with Crippen LogP contribution >= 0.6 is 0 Å². The molecule has 0 aromatic rings. The van der Waals surface area contributed by atoms with Crippen molar-refractivity contribution in [2.75, 3.05) is 6.61 Å². The third-order valence-corrected chi connectivity index (χ3v) is 2.01. The van der Waals surface area contributed by atoms with Gasteiger partial charge in [-0.3, -0.25) is 0 Å².